The summed E-state index contributed by atoms with van der Waals surface area (Å²) in [4.78, 5) is 16.7. The van der Waals surface area contributed by atoms with Gasteiger partial charge < -0.3 is 47.7 Å². The summed E-state index contributed by atoms with van der Waals surface area (Å²) in [5, 5.41) is 0. The van der Waals surface area contributed by atoms with E-state index in [-0.39, 0.29) is 12.1 Å². The highest BCUT2D eigenvalue weighted by Gasteiger charge is 2.41. The van der Waals surface area contributed by atoms with E-state index >= 15 is 0 Å². The highest BCUT2D eigenvalue weighted by molar-refractivity contribution is 6.50. The second kappa shape index (κ2) is 22.4. The lowest BCUT2D eigenvalue weighted by molar-refractivity contribution is 0.315. The number of amidine groups is 2. The third kappa shape index (κ3) is 10.7. The second-order valence-electron chi connectivity index (χ2n) is 20.0. The van der Waals surface area contributed by atoms with Crippen molar-refractivity contribution in [2.24, 2.45) is 21.8 Å². The van der Waals surface area contributed by atoms with Gasteiger partial charge in [-0.1, -0.05) is 38.5 Å². The lowest BCUT2D eigenvalue weighted by Crippen LogP contribution is -2.42. The van der Waals surface area contributed by atoms with Crippen molar-refractivity contribution in [1.29, 1.82) is 0 Å². The molecule has 74 heavy (non-hydrogen) atoms. The number of nitrogens with zero attached hydrogens (tertiary/aromatic N) is 4. The fraction of sp³-hybridized carbons (Fsp3) is 0.387. The van der Waals surface area contributed by atoms with Crippen molar-refractivity contribution in [3.8, 4) is 90.5 Å². The molecule has 2 saturated carbocycles. The van der Waals surface area contributed by atoms with Gasteiger partial charge in [-0.25, -0.2) is 0 Å². The van der Waals surface area contributed by atoms with Crippen molar-refractivity contribution in [3.63, 3.8) is 0 Å². The summed E-state index contributed by atoms with van der Waals surface area (Å²) in [5.41, 5.74) is 9.90. The third-order valence-corrected chi connectivity index (χ3v) is 15.6. The van der Waals surface area contributed by atoms with Crippen LogP contribution in [0.25, 0.3) is 44.5 Å². The molecule has 0 unspecified atom stereocenters. The second-order valence-corrected chi connectivity index (χ2v) is 20.0. The molecule has 0 aromatic heterocycles. The molecule has 0 bridgehead atoms. The van der Waals surface area contributed by atoms with Crippen molar-refractivity contribution in [1.82, 2.24) is 0 Å². The molecule has 0 saturated heterocycles. The first-order valence-electron chi connectivity index (χ1n) is 26.1. The SMILES string of the molecule is COc1cc(OC)cc(-c2cc(-c3cc(OC)cc(OC)c3)cc(N3C[C@@H](C4CCCCC4)N=C3C3=N[C@H](C4CCCCC4)CN3c3cc(-c4cc(OC)cc(OC)c4)cc(-c4cc(OC)cc(OC)c4)c3)c2)c1. The third-order valence-electron chi connectivity index (χ3n) is 15.6. The zero-order chi connectivity index (χ0) is 51.3. The molecule has 2 fully saturated rings. The van der Waals surface area contributed by atoms with Crippen LogP contribution in [0.1, 0.15) is 64.2 Å². The molecule has 10 rings (SSSR count). The molecular formula is C62H70N4O8. The van der Waals surface area contributed by atoms with E-state index in [0.717, 1.165) is 106 Å². The van der Waals surface area contributed by atoms with Crippen LogP contribution in [0, 0.1) is 11.8 Å². The van der Waals surface area contributed by atoms with Crippen LogP contribution < -0.4 is 47.7 Å². The summed E-state index contributed by atoms with van der Waals surface area (Å²) in [7, 11) is 13.5. The fourth-order valence-corrected chi connectivity index (χ4v) is 11.5. The van der Waals surface area contributed by atoms with Gasteiger partial charge >= 0.3 is 0 Å². The van der Waals surface area contributed by atoms with Crippen molar-refractivity contribution in [2.75, 3.05) is 79.8 Å². The molecule has 6 aromatic carbocycles. The van der Waals surface area contributed by atoms with Gasteiger partial charge in [-0.3, -0.25) is 9.98 Å². The van der Waals surface area contributed by atoms with Crippen LogP contribution in [0.15, 0.2) is 119 Å². The predicted molar refractivity (Wildman–Crippen MR) is 297 cm³/mol. The van der Waals surface area contributed by atoms with Crippen LogP contribution in [0.3, 0.4) is 0 Å². The molecule has 0 amide bonds. The lowest BCUT2D eigenvalue weighted by Gasteiger charge is -2.29. The maximum Gasteiger partial charge on any atom is 0.172 e. The predicted octanol–water partition coefficient (Wildman–Crippen LogP) is 13.5. The number of hydrogen-bond donors (Lipinski definition) is 0. The number of rotatable bonds is 17. The Hall–Kier alpha value is -7.34. The van der Waals surface area contributed by atoms with E-state index in [4.69, 9.17) is 47.9 Å². The zero-order valence-corrected chi connectivity index (χ0v) is 44.2. The van der Waals surface area contributed by atoms with Gasteiger partial charge in [0.2, 0.25) is 0 Å². The van der Waals surface area contributed by atoms with E-state index in [1.54, 1.807) is 56.9 Å². The molecule has 0 spiro atoms. The number of hydrogen-bond acceptors (Lipinski definition) is 12. The summed E-state index contributed by atoms with van der Waals surface area (Å²) < 4.78 is 46.7. The first kappa shape index (κ1) is 50.2. The van der Waals surface area contributed by atoms with Crippen LogP contribution in [-0.2, 0) is 0 Å². The van der Waals surface area contributed by atoms with Crippen LogP contribution in [0.5, 0.6) is 46.0 Å². The molecule has 386 valence electrons. The summed E-state index contributed by atoms with van der Waals surface area (Å²) in [6.45, 7) is 1.45. The maximum atomic E-state index is 5.90. The average Bonchev–Trinajstić information content (AvgIpc) is 4.13. The molecule has 0 radical (unpaired) electrons. The minimum atomic E-state index is 0.0832. The number of methoxy groups -OCH3 is 8. The Morgan fingerprint density at radius 2 is 0.527 bits per heavy atom. The minimum absolute atomic E-state index is 0.0832. The van der Waals surface area contributed by atoms with Gasteiger partial charge in [0.25, 0.3) is 0 Å². The summed E-state index contributed by atoms with van der Waals surface area (Å²) >= 11 is 0. The van der Waals surface area contributed by atoms with Gasteiger partial charge in [-0.05, 0) is 167 Å². The first-order valence-corrected chi connectivity index (χ1v) is 26.1. The van der Waals surface area contributed by atoms with Gasteiger partial charge in [0.1, 0.15) is 46.0 Å². The Labute approximate surface area is 436 Å². The monoisotopic (exact) mass is 999 g/mol. The highest BCUT2D eigenvalue weighted by Crippen LogP contribution is 2.44. The molecule has 12 nitrogen and oxygen atoms in total. The summed E-state index contributed by atoms with van der Waals surface area (Å²) in [6, 6.07) is 38.0. The number of anilines is 2. The van der Waals surface area contributed by atoms with E-state index in [2.05, 4.69) is 94.7 Å². The molecule has 2 atom stereocenters. The number of aliphatic imine (C=N–C) groups is 2. The van der Waals surface area contributed by atoms with Crippen molar-refractivity contribution in [2.45, 2.75) is 76.3 Å². The molecule has 12 heteroatoms. The Kier molecular flexibility index (Phi) is 15.2. The largest absolute Gasteiger partial charge is 0.497 e. The number of ether oxygens (including phenoxy) is 8. The van der Waals surface area contributed by atoms with Gasteiger partial charge in [-0.2, -0.15) is 0 Å². The Balaban J connectivity index is 1.18. The molecular weight excluding hydrogens is 929 g/mol. The molecule has 2 heterocycles. The van der Waals surface area contributed by atoms with Gasteiger partial charge in [0.05, 0.1) is 69.0 Å². The Morgan fingerprint density at radius 3 is 0.757 bits per heavy atom. The van der Waals surface area contributed by atoms with Crippen LogP contribution >= 0.6 is 0 Å². The molecule has 2 aliphatic heterocycles. The zero-order valence-electron chi connectivity index (χ0n) is 44.2. The van der Waals surface area contributed by atoms with E-state index in [1.807, 2.05) is 24.3 Å². The van der Waals surface area contributed by atoms with Crippen LogP contribution in [-0.4, -0.2) is 93.7 Å². The smallest absolute Gasteiger partial charge is 0.172 e. The lowest BCUT2D eigenvalue weighted by atomic mass is 9.84. The van der Waals surface area contributed by atoms with E-state index in [9.17, 15) is 0 Å². The average molecular weight is 999 g/mol. The molecule has 4 aliphatic rings. The molecule has 0 N–H and O–H groups in total. The quantitative estimate of drug-likeness (QED) is 0.0877. The van der Waals surface area contributed by atoms with Crippen LogP contribution in [0.4, 0.5) is 11.4 Å². The topological polar surface area (TPSA) is 105 Å². The van der Waals surface area contributed by atoms with E-state index in [0.29, 0.717) is 57.8 Å². The van der Waals surface area contributed by atoms with Gasteiger partial charge in [0.15, 0.2) is 11.7 Å². The van der Waals surface area contributed by atoms with E-state index in [1.165, 1.54) is 38.5 Å². The van der Waals surface area contributed by atoms with Crippen molar-refractivity contribution >= 4 is 23.0 Å². The maximum absolute atomic E-state index is 5.90. The van der Waals surface area contributed by atoms with Crippen LogP contribution in [0.2, 0.25) is 0 Å². The van der Waals surface area contributed by atoms with E-state index < -0.39 is 0 Å². The molecule has 6 aromatic rings. The number of benzene rings is 6. The van der Waals surface area contributed by atoms with Crippen molar-refractivity contribution < 1.29 is 37.9 Å². The highest BCUT2D eigenvalue weighted by atomic mass is 16.5. The summed E-state index contributed by atoms with van der Waals surface area (Å²) in [5.74, 6) is 8.39. The Bertz CT molecular complexity index is 2590. The normalized spacial score (nSPS) is 18.2. The van der Waals surface area contributed by atoms with Crippen molar-refractivity contribution in [3.05, 3.63) is 109 Å². The first-order chi connectivity index (χ1) is 36.2. The molecule has 2 aliphatic carbocycles. The summed E-state index contributed by atoms with van der Waals surface area (Å²) in [6.07, 6.45) is 12.1. The minimum Gasteiger partial charge on any atom is -0.497 e. The Morgan fingerprint density at radius 1 is 0.297 bits per heavy atom. The van der Waals surface area contributed by atoms with Gasteiger partial charge in [-0.15, -0.1) is 0 Å². The standard InChI is InChI=1S/C62H70N4O8/c1-67-51-25-45(26-52(33-51)68-2)41-19-42(46-27-53(69-3)34-54(28-46)70-4)22-49(21-41)65-37-59(39-15-11-9-12-16-39)63-61(65)62-64-60(40-17-13-10-14-18-40)38-66(62)50-23-43(47-29-55(71-5)35-56(30-47)72-6)20-44(24-50)48-31-57(73-7)36-58(32-48)74-8/h19-36,39-40,59-60H,9-18,37-38H2,1-8H3/t59-,60-/m0/s1. The fourth-order valence-electron chi connectivity index (χ4n) is 11.5. The van der Waals surface area contributed by atoms with Gasteiger partial charge in [0, 0.05) is 48.7 Å².